The fourth-order valence-electron chi connectivity index (χ4n) is 2.39. The van der Waals surface area contributed by atoms with Crippen molar-refractivity contribution in [3.05, 3.63) is 11.1 Å². The summed E-state index contributed by atoms with van der Waals surface area (Å²) in [5, 5.41) is 6.18. The summed E-state index contributed by atoms with van der Waals surface area (Å²) in [6.07, 6.45) is 3.37. The van der Waals surface area contributed by atoms with Crippen molar-refractivity contribution in [2.45, 2.75) is 39.7 Å². The lowest BCUT2D eigenvalue weighted by atomic mass is 10.1. The van der Waals surface area contributed by atoms with Crippen LogP contribution in [0.1, 0.15) is 32.1 Å². The number of nitrogens with one attached hydrogen (secondary N) is 2. The van der Waals surface area contributed by atoms with Crippen LogP contribution in [0.25, 0.3) is 0 Å². The number of thiazole rings is 1. The Bertz CT molecular complexity index is 515. The minimum absolute atomic E-state index is 0.0847. The van der Waals surface area contributed by atoms with E-state index < -0.39 is 6.04 Å². The van der Waals surface area contributed by atoms with Gasteiger partial charge in [0.2, 0.25) is 5.91 Å². The lowest BCUT2D eigenvalue weighted by Gasteiger charge is -2.34. The van der Waals surface area contributed by atoms with Crippen LogP contribution < -0.4 is 10.6 Å². The number of hydrogen-bond donors (Lipinski definition) is 2. The van der Waals surface area contributed by atoms with Crippen LogP contribution in [-0.4, -0.2) is 41.0 Å². The highest BCUT2D eigenvalue weighted by atomic mass is 32.1. The molecule has 0 saturated carbocycles. The minimum Gasteiger partial charge on any atom is -0.353 e. The normalized spacial score (nSPS) is 18.8. The Morgan fingerprint density at radius 2 is 2.38 bits per heavy atom. The van der Waals surface area contributed by atoms with E-state index in [1.165, 1.54) is 11.3 Å². The lowest BCUT2D eigenvalue weighted by molar-refractivity contribution is -0.127. The van der Waals surface area contributed by atoms with Crippen LogP contribution in [0.3, 0.4) is 0 Å². The summed E-state index contributed by atoms with van der Waals surface area (Å²) in [4.78, 5) is 31.1. The quantitative estimate of drug-likeness (QED) is 0.894. The average Bonchev–Trinajstić information content (AvgIpc) is 2.84. The summed E-state index contributed by atoms with van der Waals surface area (Å²) >= 11 is 1.49. The van der Waals surface area contributed by atoms with Crippen LogP contribution in [0.2, 0.25) is 0 Å². The summed E-state index contributed by atoms with van der Waals surface area (Å²) in [6, 6.07) is -0.643. The van der Waals surface area contributed by atoms with E-state index in [1.807, 2.05) is 6.92 Å². The van der Waals surface area contributed by atoms with Crippen molar-refractivity contribution >= 4 is 28.4 Å². The molecule has 1 atom stereocenters. The topological polar surface area (TPSA) is 74.3 Å². The smallest absolute Gasteiger partial charge is 0.324 e. The van der Waals surface area contributed by atoms with E-state index in [0.717, 1.165) is 11.3 Å². The Hall–Kier alpha value is -1.63. The van der Waals surface area contributed by atoms with E-state index in [0.29, 0.717) is 30.6 Å². The predicted octanol–water partition coefficient (Wildman–Crippen LogP) is 2.08. The van der Waals surface area contributed by atoms with Crippen molar-refractivity contribution in [2.75, 3.05) is 18.4 Å². The van der Waals surface area contributed by atoms with E-state index in [4.69, 9.17) is 0 Å². The summed E-state index contributed by atoms with van der Waals surface area (Å²) in [5.41, 5.74) is 0. The first-order valence-corrected chi connectivity index (χ1v) is 8.13. The number of amides is 3. The highest BCUT2D eigenvalue weighted by Gasteiger charge is 2.31. The lowest BCUT2D eigenvalue weighted by Crippen LogP contribution is -2.57. The number of nitrogens with zero attached hydrogens (tertiary/aromatic N) is 2. The van der Waals surface area contributed by atoms with E-state index in [1.54, 1.807) is 11.1 Å². The third-order valence-electron chi connectivity index (χ3n) is 3.36. The van der Waals surface area contributed by atoms with Crippen molar-refractivity contribution in [3.63, 3.8) is 0 Å². The van der Waals surface area contributed by atoms with Crippen LogP contribution >= 0.6 is 11.3 Å². The molecule has 1 aliphatic heterocycles. The molecule has 3 amide bonds. The fourth-order valence-corrected chi connectivity index (χ4v) is 3.40. The first kappa shape index (κ1) is 15.8. The van der Waals surface area contributed by atoms with Crippen LogP contribution in [0, 0.1) is 5.92 Å². The van der Waals surface area contributed by atoms with Crippen molar-refractivity contribution in [1.82, 2.24) is 15.2 Å². The van der Waals surface area contributed by atoms with Gasteiger partial charge in [-0.05, 0) is 18.8 Å². The molecule has 2 heterocycles. The van der Waals surface area contributed by atoms with Gasteiger partial charge in [0.1, 0.15) is 6.04 Å². The van der Waals surface area contributed by atoms with Crippen molar-refractivity contribution in [1.29, 1.82) is 0 Å². The molecule has 2 rings (SSSR count). The summed E-state index contributed by atoms with van der Waals surface area (Å²) in [7, 11) is 0. The zero-order valence-electron chi connectivity index (χ0n) is 12.7. The molecule has 6 nitrogen and oxygen atoms in total. The van der Waals surface area contributed by atoms with Gasteiger partial charge in [-0.3, -0.25) is 10.1 Å². The maximum Gasteiger partial charge on any atom is 0.324 e. The van der Waals surface area contributed by atoms with Crippen LogP contribution in [0.15, 0.2) is 6.20 Å². The Labute approximate surface area is 128 Å². The van der Waals surface area contributed by atoms with Gasteiger partial charge in [0.25, 0.3) is 0 Å². The Morgan fingerprint density at radius 3 is 3.05 bits per heavy atom. The zero-order chi connectivity index (χ0) is 15.4. The van der Waals surface area contributed by atoms with Gasteiger partial charge >= 0.3 is 6.03 Å². The second-order valence-electron chi connectivity index (χ2n) is 5.57. The first-order chi connectivity index (χ1) is 10.0. The van der Waals surface area contributed by atoms with Gasteiger partial charge in [-0.1, -0.05) is 20.8 Å². The molecular formula is C14H22N4O2S. The van der Waals surface area contributed by atoms with E-state index in [9.17, 15) is 9.59 Å². The molecule has 0 aliphatic carbocycles. The number of rotatable bonds is 4. The van der Waals surface area contributed by atoms with E-state index >= 15 is 0 Å². The number of hydrogen-bond acceptors (Lipinski definition) is 4. The van der Waals surface area contributed by atoms with Gasteiger partial charge < -0.3 is 10.2 Å². The van der Waals surface area contributed by atoms with Gasteiger partial charge in [0.15, 0.2) is 5.13 Å². The third kappa shape index (κ3) is 3.93. The molecule has 116 valence electrons. The van der Waals surface area contributed by atoms with Crippen LogP contribution in [0.4, 0.5) is 9.93 Å². The molecule has 1 aliphatic rings. The molecule has 0 radical (unpaired) electrons. The Morgan fingerprint density at radius 1 is 1.62 bits per heavy atom. The summed E-state index contributed by atoms with van der Waals surface area (Å²) < 4.78 is 0. The highest BCUT2D eigenvalue weighted by molar-refractivity contribution is 7.15. The standard InChI is InChI=1S/C14H22N4O2S/c1-4-11-12(19)15-5-6-18(11)14(20)17-13-16-8-10(21-13)7-9(2)3/h8-9,11H,4-7H2,1-3H3,(H,15,19)(H,16,17,20)/t11-/m0/s1. The third-order valence-corrected chi connectivity index (χ3v) is 4.29. The molecule has 1 saturated heterocycles. The molecule has 21 heavy (non-hydrogen) atoms. The van der Waals surface area contributed by atoms with Gasteiger partial charge in [0.05, 0.1) is 0 Å². The Kier molecular flexibility index (Phi) is 5.17. The zero-order valence-corrected chi connectivity index (χ0v) is 13.5. The molecule has 0 aromatic carbocycles. The maximum atomic E-state index is 12.3. The molecule has 2 N–H and O–H groups in total. The number of piperazine rings is 1. The molecule has 1 fully saturated rings. The highest BCUT2D eigenvalue weighted by Crippen LogP contribution is 2.22. The summed E-state index contributed by atoms with van der Waals surface area (Å²) in [6.45, 7) is 7.23. The van der Waals surface area contributed by atoms with Crippen LogP contribution in [-0.2, 0) is 11.2 Å². The second kappa shape index (κ2) is 6.89. The molecule has 0 spiro atoms. The molecule has 0 bridgehead atoms. The molecule has 1 aromatic rings. The first-order valence-electron chi connectivity index (χ1n) is 7.31. The SMILES string of the molecule is CC[C@H]1C(=O)NCCN1C(=O)Nc1ncc(CC(C)C)s1. The van der Waals surface area contributed by atoms with E-state index in [-0.39, 0.29) is 11.9 Å². The summed E-state index contributed by atoms with van der Waals surface area (Å²) in [5.74, 6) is 0.475. The molecule has 1 aromatic heterocycles. The van der Waals surface area contributed by atoms with Gasteiger partial charge in [-0.15, -0.1) is 11.3 Å². The fraction of sp³-hybridized carbons (Fsp3) is 0.643. The molecular weight excluding hydrogens is 288 g/mol. The largest absolute Gasteiger partial charge is 0.353 e. The monoisotopic (exact) mass is 310 g/mol. The minimum atomic E-state index is -0.395. The number of anilines is 1. The van der Waals surface area contributed by atoms with E-state index in [2.05, 4.69) is 29.5 Å². The van der Waals surface area contributed by atoms with Crippen LogP contribution in [0.5, 0.6) is 0 Å². The average molecular weight is 310 g/mol. The number of carbonyl (C=O) groups excluding carboxylic acids is 2. The van der Waals surface area contributed by atoms with Crippen molar-refractivity contribution in [2.24, 2.45) is 5.92 Å². The molecule has 7 heteroatoms. The number of urea groups is 1. The Balaban J connectivity index is 2.00. The second-order valence-corrected chi connectivity index (χ2v) is 6.68. The van der Waals surface area contributed by atoms with Gasteiger partial charge in [0, 0.05) is 24.2 Å². The predicted molar refractivity (Wildman–Crippen MR) is 83.5 cm³/mol. The van der Waals surface area contributed by atoms with Gasteiger partial charge in [-0.2, -0.15) is 0 Å². The maximum absolute atomic E-state index is 12.3. The number of carbonyl (C=O) groups is 2. The number of aromatic nitrogens is 1. The molecule has 0 unspecified atom stereocenters. The van der Waals surface area contributed by atoms with Crippen molar-refractivity contribution < 1.29 is 9.59 Å². The van der Waals surface area contributed by atoms with Gasteiger partial charge in [-0.25, -0.2) is 9.78 Å². The van der Waals surface area contributed by atoms with Crippen molar-refractivity contribution in [3.8, 4) is 0 Å².